The van der Waals surface area contributed by atoms with Crippen LogP contribution in [0.5, 0.6) is 0 Å². The van der Waals surface area contributed by atoms with Gasteiger partial charge in [0, 0.05) is 19.0 Å². The highest BCUT2D eigenvalue weighted by molar-refractivity contribution is 5.92. The molecular formula is C8H12N4O3. The smallest absolute Gasteiger partial charge is 0.273 e. The first-order valence-corrected chi connectivity index (χ1v) is 4.31. The molecule has 7 heteroatoms. The number of hydrogen-bond donors (Lipinski definition) is 3. The van der Waals surface area contributed by atoms with Crippen molar-refractivity contribution in [3.63, 3.8) is 0 Å². The third kappa shape index (κ3) is 3.29. The van der Waals surface area contributed by atoms with Crippen molar-refractivity contribution in [1.82, 2.24) is 10.5 Å². The molecule has 0 spiro atoms. The summed E-state index contributed by atoms with van der Waals surface area (Å²) in [6.07, 6.45) is 0.277. The van der Waals surface area contributed by atoms with Crippen molar-refractivity contribution < 1.29 is 14.5 Å². The lowest BCUT2D eigenvalue weighted by molar-refractivity contribution is 0.0945. The molecule has 0 aromatic carbocycles. The fourth-order valence-electron chi connectivity index (χ4n) is 0.918. The molecule has 0 aliphatic rings. The second-order valence-corrected chi connectivity index (χ2v) is 2.92. The maximum atomic E-state index is 11.4. The summed E-state index contributed by atoms with van der Waals surface area (Å²) in [6, 6.07) is 1.53. The van der Waals surface area contributed by atoms with E-state index in [0.717, 1.165) is 0 Å². The molecule has 0 bridgehead atoms. The van der Waals surface area contributed by atoms with E-state index in [9.17, 15) is 4.79 Å². The van der Waals surface area contributed by atoms with E-state index in [1.165, 1.54) is 6.07 Å². The van der Waals surface area contributed by atoms with Crippen LogP contribution in [0.3, 0.4) is 0 Å². The van der Waals surface area contributed by atoms with Crippen LogP contribution in [-0.4, -0.2) is 28.7 Å². The van der Waals surface area contributed by atoms with Gasteiger partial charge < -0.3 is 20.8 Å². The molecule has 1 rings (SSSR count). The van der Waals surface area contributed by atoms with E-state index < -0.39 is 0 Å². The third-order valence-electron chi connectivity index (χ3n) is 1.66. The highest BCUT2D eigenvalue weighted by Gasteiger charge is 2.09. The Bertz CT molecular complexity index is 372. The van der Waals surface area contributed by atoms with E-state index in [-0.39, 0.29) is 30.4 Å². The highest BCUT2D eigenvalue weighted by atomic mass is 16.5. The molecule has 0 aliphatic carbocycles. The zero-order valence-corrected chi connectivity index (χ0v) is 8.23. The second kappa shape index (κ2) is 4.99. The molecule has 7 nitrogen and oxygen atoms in total. The molecule has 1 heterocycles. The minimum absolute atomic E-state index is 0.0617. The molecule has 15 heavy (non-hydrogen) atoms. The van der Waals surface area contributed by atoms with Crippen molar-refractivity contribution in [3.05, 3.63) is 17.5 Å². The van der Waals surface area contributed by atoms with E-state index in [2.05, 4.69) is 15.6 Å². The molecule has 0 aliphatic heterocycles. The van der Waals surface area contributed by atoms with Crippen LogP contribution in [0, 0.1) is 6.92 Å². The van der Waals surface area contributed by atoms with Crippen LogP contribution < -0.4 is 11.1 Å². The van der Waals surface area contributed by atoms with Crippen LogP contribution >= 0.6 is 0 Å². The minimum atomic E-state index is -0.349. The Morgan fingerprint density at radius 1 is 1.80 bits per heavy atom. The minimum Gasteiger partial charge on any atom is -0.409 e. The standard InChI is InChI=1S/C8H12N4O3/c1-5-4-6(12-15-5)8(13)10-3-2-7(9)11-14/h4,14H,2-3H2,1H3,(H2,9,11)(H,10,13). The Morgan fingerprint density at radius 3 is 3.07 bits per heavy atom. The SMILES string of the molecule is Cc1cc(C(=O)NCCC(N)=NO)no1. The van der Waals surface area contributed by atoms with Gasteiger partial charge in [0.2, 0.25) is 0 Å². The number of carbonyl (C=O) groups is 1. The molecular weight excluding hydrogens is 200 g/mol. The number of nitrogens with zero attached hydrogens (tertiary/aromatic N) is 2. The van der Waals surface area contributed by atoms with E-state index in [4.69, 9.17) is 15.5 Å². The van der Waals surface area contributed by atoms with Gasteiger partial charge in [-0.3, -0.25) is 4.79 Å². The number of carbonyl (C=O) groups excluding carboxylic acids is 1. The molecule has 0 saturated carbocycles. The summed E-state index contributed by atoms with van der Waals surface area (Å²) in [6.45, 7) is 1.97. The summed E-state index contributed by atoms with van der Waals surface area (Å²) in [5, 5.41) is 17.1. The van der Waals surface area contributed by atoms with Gasteiger partial charge in [-0.25, -0.2) is 0 Å². The molecule has 1 amide bonds. The van der Waals surface area contributed by atoms with Gasteiger partial charge >= 0.3 is 0 Å². The summed E-state index contributed by atoms with van der Waals surface area (Å²) in [5.41, 5.74) is 5.43. The predicted octanol–water partition coefficient (Wildman–Crippen LogP) is -0.151. The Kier molecular flexibility index (Phi) is 3.67. The lowest BCUT2D eigenvalue weighted by atomic mass is 10.3. The monoisotopic (exact) mass is 212 g/mol. The van der Waals surface area contributed by atoms with E-state index in [0.29, 0.717) is 5.76 Å². The van der Waals surface area contributed by atoms with Crippen LogP contribution in [0.25, 0.3) is 0 Å². The predicted molar refractivity (Wildman–Crippen MR) is 51.6 cm³/mol. The molecule has 0 atom stereocenters. The topological polar surface area (TPSA) is 114 Å². The highest BCUT2D eigenvalue weighted by Crippen LogP contribution is 2.00. The number of amides is 1. The van der Waals surface area contributed by atoms with Crippen molar-refractivity contribution >= 4 is 11.7 Å². The van der Waals surface area contributed by atoms with Crippen molar-refractivity contribution in [2.24, 2.45) is 10.9 Å². The maximum Gasteiger partial charge on any atom is 0.273 e. The fraction of sp³-hybridized carbons (Fsp3) is 0.375. The normalized spacial score (nSPS) is 11.4. The lowest BCUT2D eigenvalue weighted by Gasteiger charge is -2.00. The van der Waals surface area contributed by atoms with Crippen molar-refractivity contribution in [2.45, 2.75) is 13.3 Å². The van der Waals surface area contributed by atoms with Crippen molar-refractivity contribution in [3.8, 4) is 0 Å². The quantitative estimate of drug-likeness (QED) is 0.278. The molecule has 1 aromatic heterocycles. The first-order chi connectivity index (χ1) is 7.13. The van der Waals surface area contributed by atoms with E-state index >= 15 is 0 Å². The number of aromatic nitrogens is 1. The van der Waals surface area contributed by atoms with Crippen LogP contribution in [0.2, 0.25) is 0 Å². The van der Waals surface area contributed by atoms with Crippen molar-refractivity contribution in [1.29, 1.82) is 0 Å². The van der Waals surface area contributed by atoms with Crippen LogP contribution in [-0.2, 0) is 0 Å². The largest absolute Gasteiger partial charge is 0.409 e. The summed E-state index contributed by atoms with van der Waals surface area (Å²) in [4.78, 5) is 11.4. The maximum absolute atomic E-state index is 11.4. The summed E-state index contributed by atoms with van der Waals surface area (Å²) in [7, 11) is 0. The van der Waals surface area contributed by atoms with Crippen LogP contribution in [0.1, 0.15) is 22.7 Å². The Balaban J connectivity index is 2.37. The number of nitrogens with two attached hydrogens (primary N) is 1. The Morgan fingerprint density at radius 2 is 2.53 bits per heavy atom. The van der Waals surface area contributed by atoms with E-state index in [1.807, 2.05) is 0 Å². The zero-order chi connectivity index (χ0) is 11.3. The van der Waals surface area contributed by atoms with Crippen LogP contribution in [0.4, 0.5) is 0 Å². The van der Waals surface area contributed by atoms with Gasteiger partial charge in [0.05, 0.1) is 0 Å². The first kappa shape index (κ1) is 11.0. The average Bonchev–Trinajstić information content (AvgIpc) is 2.64. The second-order valence-electron chi connectivity index (χ2n) is 2.92. The average molecular weight is 212 g/mol. The molecule has 0 fully saturated rings. The van der Waals surface area contributed by atoms with E-state index in [1.54, 1.807) is 6.92 Å². The summed E-state index contributed by atoms with van der Waals surface area (Å²) < 4.78 is 4.73. The Hall–Kier alpha value is -2.05. The molecule has 0 radical (unpaired) electrons. The summed E-state index contributed by atoms with van der Waals surface area (Å²) >= 11 is 0. The van der Waals surface area contributed by atoms with Crippen LogP contribution in [0.15, 0.2) is 15.7 Å². The summed E-state index contributed by atoms with van der Waals surface area (Å²) in [5.74, 6) is 0.279. The molecule has 0 unspecified atom stereocenters. The number of aryl methyl sites for hydroxylation is 1. The van der Waals surface area contributed by atoms with Gasteiger partial charge in [-0.2, -0.15) is 0 Å². The lowest BCUT2D eigenvalue weighted by Crippen LogP contribution is -2.28. The van der Waals surface area contributed by atoms with Gasteiger partial charge in [-0.1, -0.05) is 10.3 Å². The number of nitrogens with one attached hydrogen (secondary N) is 1. The zero-order valence-electron chi connectivity index (χ0n) is 8.23. The fourth-order valence-corrected chi connectivity index (χ4v) is 0.918. The number of hydrogen-bond acceptors (Lipinski definition) is 5. The van der Waals surface area contributed by atoms with Gasteiger partial charge in [0.25, 0.3) is 5.91 Å². The van der Waals surface area contributed by atoms with Gasteiger partial charge in [-0.05, 0) is 6.92 Å². The molecule has 0 saturated heterocycles. The molecule has 1 aromatic rings. The Labute approximate surface area is 85.9 Å². The van der Waals surface area contributed by atoms with Gasteiger partial charge in [0.15, 0.2) is 5.69 Å². The molecule has 82 valence electrons. The number of amidine groups is 1. The van der Waals surface area contributed by atoms with Gasteiger partial charge in [0.1, 0.15) is 11.6 Å². The first-order valence-electron chi connectivity index (χ1n) is 4.31. The third-order valence-corrected chi connectivity index (χ3v) is 1.66. The molecule has 4 N–H and O–H groups in total. The number of rotatable bonds is 4. The number of oxime groups is 1. The van der Waals surface area contributed by atoms with Gasteiger partial charge in [-0.15, -0.1) is 0 Å². The van der Waals surface area contributed by atoms with Crippen molar-refractivity contribution in [2.75, 3.05) is 6.54 Å².